The molecule has 2 aliphatic rings. The third-order valence-electron chi connectivity index (χ3n) is 3.02. The molecular formula is C11H12BrNO2. The van der Waals surface area contributed by atoms with Gasteiger partial charge in [-0.3, -0.25) is 14.5 Å². The Bertz CT molecular complexity index is 386. The van der Waals surface area contributed by atoms with Crippen LogP contribution in [0.25, 0.3) is 0 Å². The summed E-state index contributed by atoms with van der Waals surface area (Å²) in [7, 11) is 0. The SMILES string of the molecule is CC12CC=CC=C1C(=O)N(CCBr)C2=O. The molecule has 0 saturated carbocycles. The van der Waals surface area contributed by atoms with E-state index in [0.29, 0.717) is 23.9 Å². The number of rotatable bonds is 2. The van der Waals surface area contributed by atoms with Gasteiger partial charge in [0, 0.05) is 17.4 Å². The minimum Gasteiger partial charge on any atom is -0.277 e. The molecule has 1 aliphatic carbocycles. The molecular weight excluding hydrogens is 258 g/mol. The maximum Gasteiger partial charge on any atom is 0.257 e. The molecule has 1 fully saturated rings. The van der Waals surface area contributed by atoms with Crippen molar-refractivity contribution < 1.29 is 9.59 Å². The number of allylic oxidation sites excluding steroid dienone is 3. The largest absolute Gasteiger partial charge is 0.277 e. The highest BCUT2D eigenvalue weighted by Gasteiger charge is 2.51. The standard InChI is InChI=1S/C11H12BrNO2/c1-11-5-3-2-4-8(11)9(14)13(7-6-12)10(11)15/h2-4H,5-7H2,1H3. The van der Waals surface area contributed by atoms with Crippen molar-refractivity contribution in [1.29, 1.82) is 0 Å². The second-order valence-corrected chi connectivity index (χ2v) is 4.79. The second kappa shape index (κ2) is 3.59. The van der Waals surface area contributed by atoms with Gasteiger partial charge < -0.3 is 0 Å². The lowest BCUT2D eigenvalue weighted by molar-refractivity contribution is -0.140. The summed E-state index contributed by atoms with van der Waals surface area (Å²) in [6.07, 6.45) is 6.17. The summed E-state index contributed by atoms with van der Waals surface area (Å²) in [5, 5.41) is 0.626. The Labute approximate surface area is 96.9 Å². The van der Waals surface area contributed by atoms with Crippen LogP contribution in [0.5, 0.6) is 0 Å². The molecule has 0 spiro atoms. The number of likely N-dealkylation sites (tertiary alicyclic amines) is 1. The first-order chi connectivity index (χ1) is 7.11. The van der Waals surface area contributed by atoms with Crippen molar-refractivity contribution in [2.45, 2.75) is 13.3 Å². The molecule has 2 rings (SSSR count). The van der Waals surface area contributed by atoms with Gasteiger partial charge in [0.1, 0.15) is 0 Å². The molecule has 1 aliphatic heterocycles. The van der Waals surface area contributed by atoms with Gasteiger partial charge in [-0.05, 0) is 13.3 Å². The average Bonchev–Trinajstić information content (AvgIpc) is 2.41. The van der Waals surface area contributed by atoms with Crippen LogP contribution in [0.15, 0.2) is 23.8 Å². The molecule has 80 valence electrons. The fourth-order valence-corrected chi connectivity index (χ4v) is 2.45. The first-order valence-electron chi connectivity index (χ1n) is 4.91. The third-order valence-corrected chi connectivity index (χ3v) is 3.38. The summed E-state index contributed by atoms with van der Waals surface area (Å²) in [6, 6.07) is 0. The van der Waals surface area contributed by atoms with Crippen LogP contribution in [0.4, 0.5) is 0 Å². The van der Waals surface area contributed by atoms with Gasteiger partial charge in [0.05, 0.1) is 5.41 Å². The smallest absolute Gasteiger partial charge is 0.257 e. The number of halogens is 1. The highest BCUT2D eigenvalue weighted by Crippen LogP contribution is 2.42. The van der Waals surface area contributed by atoms with Gasteiger partial charge in [0.2, 0.25) is 5.91 Å². The number of amides is 2. The lowest BCUT2D eigenvalue weighted by Crippen LogP contribution is -2.35. The normalized spacial score (nSPS) is 29.5. The molecule has 1 saturated heterocycles. The number of carbonyl (C=O) groups excluding carboxylic acids is 2. The number of hydrogen-bond donors (Lipinski definition) is 0. The molecule has 0 aromatic heterocycles. The van der Waals surface area contributed by atoms with E-state index in [4.69, 9.17) is 0 Å². The molecule has 1 atom stereocenters. The zero-order chi connectivity index (χ0) is 11.1. The molecule has 0 bridgehead atoms. The van der Waals surface area contributed by atoms with Crippen molar-refractivity contribution in [3.63, 3.8) is 0 Å². The van der Waals surface area contributed by atoms with E-state index in [1.165, 1.54) is 4.90 Å². The van der Waals surface area contributed by atoms with Crippen molar-refractivity contribution in [3.05, 3.63) is 23.8 Å². The predicted octanol–water partition coefficient (Wildman–Crippen LogP) is 1.64. The fraction of sp³-hybridized carbons (Fsp3) is 0.455. The molecule has 15 heavy (non-hydrogen) atoms. The van der Waals surface area contributed by atoms with Gasteiger partial charge in [-0.1, -0.05) is 34.2 Å². The summed E-state index contributed by atoms with van der Waals surface area (Å²) < 4.78 is 0. The Morgan fingerprint density at radius 2 is 2.27 bits per heavy atom. The van der Waals surface area contributed by atoms with Crippen LogP contribution in [0.1, 0.15) is 13.3 Å². The molecule has 3 nitrogen and oxygen atoms in total. The number of fused-ring (bicyclic) bond motifs is 1. The minimum absolute atomic E-state index is 0.0671. The predicted molar refractivity (Wildman–Crippen MR) is 60.5 cm³/mol. The van der Waals surface area contributed by atoms with Crippen LogP contribution in [0.2, 0.25) is 0 Å². The van der Waals surface area contributed by atoms with Crippen LogP contribution < -0.4 is 0 Å². The maximum absolute atomic E-state index is 12.1. The van der Waals surface area contributed by atoms with E-state index in [2.05, 4.69) is 15.9 Å². The zero-order valence-corrected chi connectivity index (χ0v) is 10.1. The lowest BCUT2D eigenvalue weighted by atomic mass is 9.78. The van der Waals surface area contributed by atoms with E-state index in [9.17, 15) is 9.59 Å². The van der Waals surface area contributed by atoms with E-state index in [1.54, 1.807) is 6.08 Å². The number of alkyl halides is 1. The summed E-state index contributed by atoms with van der Waals surface area (Å²) in [4.78, 5) is 25.3. The Morgan fingerprint density at radius 3 is 2.87 bits per heavy atom. The van der Waals surface area contributed by atoms with E-state index >= 15 is 0 Å². The third kappa shape index (κ3) is 1.39. The van der Waals surface area contributed by atoms with Gasteiger partial charge in [-0.25, -0.2) is 0 Å². The summed E-state index contributed by atoms with van der Waals surface area (Å²) in [6.45, 7) is 2.29. The van der Waals surface area contributed by atoms with Crippen molar-refractivity contribution >= 4 is 27.7 Å². The Kier molecular flexibility index (Phi) is 2.54. The number of imide groups is 1. The quantitative estimate of drug-likeness (QED) is 0.565. The van der Waals surface area contributed by atoms with Crippen molar-refractivity contribution in [1.82, 2.24) is 4.90 Å². The number of carbonyl (C=O) groups is 2. The summed E-state index contributed by atoms with van der Waals surface area (Å²) >= 11 is 3.25. The first kappa shape index (κ1) is 10.6. The van der Waals surface area contributed by atoms with Crippen molar-refractivity contribution in [3.8, 4) is 0 Å². The Morgan fingerprint density at radius 1 is 1.53 bits per heavy atom. The van der Waals surface area contributed by atoms with Crippen LogP contribution in [-0.4, -0.2) is 28.6 Å². The molecule has 1 unspecified atom stereocenters. The molecule has 1 heterocycles. The van der Waals surface area contributed by atoms with Gasteiger partial charge in [-0.2, -0.15) is 0 Å². The minimum atomic E-state index is -0.617. The highest BCUT2D eigenvalue weighted by atomic mass is 79.9. The summed E-state index contributed by atoms with van der Waals surface area (Å²) in [5.74, 6) is -0.200. The van der Waals surface area contributed by atoms with E-state index in [-0.39, 0.29) is 11.8 Å². The van der Waals surface area contributed by atoms with Gasteiger partial charge in [-0.15, -0.1) is 0 Å². The monoisotopic (exact) mass is 269 g/mol. The maximum atomic E-state index is 12.1. The molecule has 4 heteroatoms. The molecule has 0 radical (unpaired) electrons. The summed E-state index contributed by atoms with van der Waals surface area (Å²) in [5.41, 5.74) is 0.0181. The van der Waals surface area contributed by atoms with Crippen molar-refractivity contribution in [2.24, 2.45) is 5.41 Å². The van der Waals surface area contributed by atoms with Crippen LogP contribution in [0.3, 0.4) is 0 Å². The Balaban J connectivity index is 2.40. The highest BCUT2D eigenvalue weighted by molar-refractivity contribution is 9.09. The van der Waals surface area contributed by atoms with E-state index in [0.717, 1.165) is 0 Å². The Hall–Kier alpha value is -0.900. The molecule has 0 aromatic carbocycles. The van der Waals surface area contributed by atoms with Gasteiger partial charge in [0.15, 0.2) is 0 Å². The lowest BCUT2D eigenvalue weighted by Gasteiger charge is -2.22. The zero-order valence-electron chi connectivity index (χ0n) is 8.50. The van der Waals surface area contributed by atoms with Gasteiger partial charge in [0.25, 0.3) is 5.91 Å². The second-order valence-electron chi connectivity index (χ2n) is 4.00. The average molecular weight is 270 g/mol. The van der Waals surface area contributed by atoms with Crippen LogP contribution in [-0.2, 0) is 9.59 Å². The topological polar surface area (TPSA) is 37.4 Å². The molecule has 0 N–H and O–H groups in total. The fourth-order valence-electron chi connectivity index (χ4n) is 2.09. The number of nitrogens with zero attached hydrogens (tertiary/aromatic N) is 1. The van der Waals surface area contributed by atoms with E-state index in [1.807, 2.05) is 19.1 Å². The molecule has 2 amide bonds. The van der Waals surface area contributed by atoms with E-state index < -0.39 is 5.41 Å². The molecule has 0 aromatic rings. The number of hydrogen-bond acceptors (Lipinski definition) is 2. The van der Waals surface area contributed by atoms with Crippen LogP contribution >= 0.6 is 15.9 Å². The van der Waals surface area contributed by atoms with Crippen molar-refractivity contribution in [2.75, 3.05) is 11.9 Å². The van der Waals surface area contributed by atoms with Gasteiger partial charge >= 0.3 is 0 Å². The van der Waals surface area contributed by atoms with Crippen LogP contribution in [0, 0.1) is 5.41 Å². The first-order valence-corrected chi connectivity index (χ1v) is 6.03.